The zero-order valence-electron chi connectivity index (χ0n) is 15.5. The van der Waals surface area contributed by atoms with Gasteiger partial charge in [-0.05, 0) is 0 Å². The van der Waals surface area contributed by atoms with Crippen molar-refractivity contribution >= 4 is 34.5 Å². The minimum atomic E-state index is -5.79. The summed E-state index contributed by atoms with van der Waals surface area (Å²) in [6.45, 7) is -1.14. The molecule has 7 N–H and O–H groups in total. The van der Waals surface area contributed by atoms with Gasteiger partial charge in [0, 0.05) is 6.20 Å². The van der Waals surface area contributed by atoms with Crippen LogP contribution >= 0.6 is 23.5 Å². The van der Waals surface area contributed by atoms with Crippen LogP contribution in [0, 0.1) is 11.8 Å². The van der Waals surface area contributed by atoms with Gasteiger partial charge in [0.05, 0.1) is 12.0 Å². The molecule has 0 saturated carbocycles. The average molecular weight is 543 g/mol. The van der Waals surface area contributed by atoms with Crippen molar-refractivity contribution in [1.82, 2.24) is 14.5 Å². The maximum absolute atomic E-state index is 13.8. The molecule has 3 unspecified atom stereocenters. The van der Waals surface area contributed by atoms with Crippen molar-refractivity contribution in [3.8, 4) is 0 Å². The summed E-state index contributed by atoms with van der Waals surface area (Å²) >= 11 is 0. The Balaban J connectivity index is 1.74. The molecule has 0 radical (unpaired) electrons. The van der Waals surface area contributed by atoms with Gasteiger partial charge < -0.3 is 39.5 Å². The van der Waals surface area contributed by atoms with Gasteiger partial charge >= 0.3 is 29.2 Å². The zero-order valence-corrected chi connectivity index (χ0v) is 18.2. The molecule has 0 aromatic carbocycles. The van der Waals surface area contributed by atoms with E-state index in [0.29, 0.717) is 4.57 Å². The SMILES string of the molecule is O=c1nc2[nH]c(F)c(F)c2cn1[C@@H]1O[C@H](COP(=O)(O)OP(=O)(O)OP(=O)(O)O)C(O)[C@@H]1O. The Labute approximate surface area is 179 Å². The zero-order chi connectivity index (χ0) is 24.9. The minimum absolute atomic E-state index is 0.455. The summed E-state index contributed by atoms with van der Waals surface area (Å²) in [4.78, 5) is 52.8. The highest BCUT2D eigenvalue weighted by Crippen LogP contribution is 2.66. The Morgan fingerprint density at radius 1 is 1.09 bits per heavy atom. The average Bonchev–Trinajstić information content (AvgIpc) is 3.06. The van der Waals surface area contributed by atoms with Gasteiger partial charge in [0.1, 0.15) is 24.0 Å². The molecule has 0 bridgehead atoms. The van der Waals surface area contributed by atoms with Crippen LogP contribution in [0.15, 0.2) is 11.0 Å². The molecule has 2 aromatic heterocycles. The second-order valence-corrected chi connectivity index (χ2v) is 10.8. The number of nitrogens with one attached hydrogen (secondary N) is 1. The number of aliphatic hydroxyl groups is 2. The number of nitrogens with zero attached hydrogens (tertiary/aromatic N) is 2. The number of H-pyrrole nitrogens is 1. The lowest BCUT2D eigenvalue weighted by atomic mass is 10.1. The number of halogens is 2. The fraction of sp³-hybridized carbons (Fsp3) is 0.455. The fourth-order valence-corrected chi connectivity index (χ4v) is 5.78. The molecule has 1 aliphatic rings. The molecule has 17 nitrogen and oxygen atoms in total. The Morgan fingerprint density at radius 2 is 1.73 bits per heavy atom. The summed E-state index contributed by atoms with van der Waals surface area (Å²) < 4.78 is 77.7. The summed E-state index contributed by atoms with van der Waals surface area (Å²) in [6.07, 6.45) is -6.59. The number of aliphatic hydroxyl groups excluding tert-OH is 2. The van der Waals surface area contributed by atoms with Crippen LogP contribution in [-0.4, -0.2) is 69.2 Å². The van der Waals surface area contributed by atoms with Crippen molar-refractivity contribution in [3.63, 3.8) is 0 Å². The predicted octanol–water partition coefficient (Wildman–Crippen LogP) is -1.03. The number of ether oxygens (including phenoxy) is 1. The summed E-state index contributed by atoms with van der Waals surface area (Å²) in [6, 6.07) is 0. The van der Waals surface area contributed by atoms with Gasteiger partial charge in [0.25, 0.3) is 0 Å². The molecular formula is C11H14F2N3O14P3. The van der Waals surface area contributed by atoms with Gasteiger partial charge in [-0.1, -0.05) is 0 Å². The lowest BCUT2D eigenvalue weighted by Gasteiger charge is -2.19. The molecule has 1 saturated heterocycles. The van der Waals surface area contributed by atoms with Gasteiger partial charge in [0.15, 0.2) is 12.0 Å². The fourth-order valence-electron chi connectivity index (χ4n) is 2.75. The van der Waals surface area contributed by atoms with Crippen LogP contribution in [0.3, 0.4) is 0 Å². The Hall–Kier alpha value is -1.43. The van der Waals surface area contributed by atoms with Crippen molar-refractivity contribution in [2.45, 2.75) is 24.5 Å². The molecule has 3 rings (SSSR count). The number of aromatic nitrogens is 3. The highest BCUT2D eigenvalue weighted by atomic mass is 31.3. The topological polar surface area (TPSA) is 260 Å². The van der Waals surface area contributed by atoms with Crippen molar-refractivity contribution in [2.75, 3.05) is 6.61 Å². The van der Waals surface area contributed by atoms with Crippen molar-refractivity contribution < 1.29 is 70.1 Å². The van der Waals surface area contributed by atoms with E-state index in [-0.39, 0.29) is 0 Å². The lowest BCUT2D eigenvalue weighted by molar-refractivity contribution is -0.0539. The van der Waals surface area contributed by atoms with E-state index in [0.717, 1.165) is 6.20 Å². The maximum atomic E-state index is 13.8. The number of hydrogen-bond acceptors (Lipinski definition) is 11. The number of fused-ring (bicyclic) bond motifs is 1. The number of phosphoric ester groups is 1. The van der Waals surface area contributed by atoms with Crippen LogP contribution in [0.5, 0.6) is 0 Å². The molecule has 1 fully saturated rings. The van der Waals surface area contributed by atoms with Crippen LogP contribution in [-0.2, 0) is 31.6 Å². The van der Waals surface area contributed by atoms with Gasteiger partial charge in [-0.3, -0.25) is 9.09 Å². The first-order valence-electron chi connectivity index (χ1n) is 8.25. The van der Waals surface area contributed by atoms with Crippen molar-refractivity contribution in [2.24, 2.45) is 0 Å². The van der Waals surface area contributed by atoms with Crippen LogP contribution in [0.1, 0.15) is 6.23 Å². The monoisotopic (exact) mass is 543 g/mol. The van der Waals surface area contributed by atoms with Gasteiger partial charge in [0.2, 0.25) is 5.95 Å². The Morgan fingerprint density at radius 3 is 2.33 bits per heavy atom. The Kier molecular flexibility index (Phi) is 7.12. The van der Waals surface area contributed by atoms with E-state index >= 15 is 0 Å². The van der Waals surface area contributed by atoms with Crippen molar-refractivity contribution in [3.05, 3.63) is 28.4 Å². The number of phosphoric acid groups is 3. The predicted molar refractivity (Wildman–Crippen MR) is 96.0 cm³/mol. The van der Waals surface area contributed by atoms with E-state index in [1.54, 1.807) is 0 Å². The first-order valence-corrected chi connectivity index (χ1v) is 12.8. The molecule has 0 aliphatic carbocycles. The summed E-state index contributed by atoms with van der Waals surface area (Å²) in [5, 5.41) is 19.7. The number of rotatable bonds is 8. The molecule has 1 aliphatic heterocycles. The molecule has 2 aromatic rings. The van der Waals surface area contributed by atoms with Gasteiger partial charge in [-0.15, -0.1) is 0 Å². The van der Waals surface area contributed by atoms with E-state index in [2.05, 4.69) is 18.1 Å². The van der Waals surface area contributed by atoms with Crippen molar-refractivity contribution in [1.29, 1.82) is 0 Å². The number of hydrogen-bond donors (Lipinski definition) is 7. The standard InChI is InChI=1S/C11H14F2N3O14P3/c12-5-3-1-16(11(19)15-9(3)14-8(5)13)10-7(18)6(17)4(28-10)2-27-32(23,24)30-33(25,26)29-31(20,21)22/h1,4,6-7,10,17-18H,2H2,(H,23,24)(H,25,26)(H,14,15,19)(H2,20,21,22)/t4-,6?,7+,10-/m1/s1. The molecule has 33 heavy (non-hydrogen) atoms. The molecule has 0 amide bonds. The normalized spacial score (nSPS) is 27.5. The Bertz CT molecular complexity index is 1260. The summed E-state index contributed by atoms with van der Waals surface area (Å²) in [5.41, 5.74) is -1.63. The molecule has 186 valence electrons. The van der Waals surface area contributed by atoms with Crippen LogP contribution in [0.2, 0.25) is 0 Å². The summed E-state index contributed by atoms with van der Waals surface area (Å²) in [7, 11) is -17.0. The first-order chi connectivity index (χ1) is 15.0. The van der Waals surface area contributed by atoms with Gasteiger partial charge in [-0.25, -0.2) is 22.9 Å². The van der Waals surface area contributed by atoms with E-state index in [1.807, 2.05) is 4.98 Å². The second-order valence-electron chi connectivity index (χ2n) is 6.38. The third-order valence-corrected chi connectivity index (χ3v) is 7.84. The van der Waals surface area contributed by atoms with E-state index < -0.39 is 83.1 Å². The molecule has 22 heteroatoms. The second kappa shape index (κ2) is 8.98. The highest BCUT2D eigenvalue weighted by Gasteiger charge is 2.47. The quantitative estimate of drug-likeness (QED) is 0.196. The largest absolute Gasteiger partial charge is 0.490 e. The number of aromatic amines is 1. The third kappa shape index (κ3) is 5.98. The van der Waals surface area contributed by atoms with E-state index in [9.17, 15) is 42.4 Å². The molecule has 0 spiro atoms. The van der Waals surface area contributed by atoms with Gasteiger partial charge in [-0.2, -0.15) is 18.0 Å². The smallest absolute Gasteiger partial charge is 0.387 e. The lowest BCUT2D eigenvalue weighted by Crippen LogP contribution is -2.36. The highest BCUT2D eigenvalue weighted by molar-refractivity contribution is 7.66. The summed E-state index contributed by atoms with van der Waals surface area (Å²) in [5.74, 6) is -2.82. The molecular weight excluding hydrogens is 529 g/mol. The van der Waals surface area contributed by atoms with E-state index in [1.165, 1.54) is 0 Å². The van der Waals surface area contributed by atoms with E-state index in [4.69, 9.17) is 19.4 Å². The van der Waals surface area contributed by atoms with Crippen LogP contribution in [0.25, 0.3) is 11.0 Å². The first kappa shape index (κ1) is 26.2. The minimum Gasteiger partial charge on any atom is -0.387 e. The van der Waals surface area contributed by atoms with Crippen LogP contribution in [0.4, 0.5) is 8.78 Å². The third-order valence-electron chi connectivity index (χ3n) is 4.04. The molecule has 6 atom stereocenters. The maximum Gasteiger partial charge on any atom is 0.490 e. The van der Waals surface area contributed by atoms with Crippen LogP contribution < -0.4 is 5.69 Å². The molecule has 3 heterocycles.